The normalized spacial score (nSPS) is 20.4. The highest BCUT2D eigenvalue weighted by atomic mass is 15.4. The largest absolute Gasteiger partial charge is 0.370 e. The summed E-state index contributed by atoms with van der Waals surface area (Å²) < 4.78 is 2.20. The van der Waals surface area contributed by atoms with Crippen molar-refractivity contribution in [1.82, 2.24) is 9.78 Å². The molecule has 3 nitrogen and oxygen atoms in total. The Morgan fingerprint density at radius 2 is 2.25 bits per heavy atom. The fraction of sp³-hybridized carbons (Fsp3) is 0.769. The van der Waals surface area contributed by atoms with Crippen LogP contribution >= 0.6 is 0 Å². The fourth-order valence-corrected chi connectivity index (χ4v) is 2.45. The van der Waals surface area contributed by atoms with Crippen molar-refractivity contribution in [2.45, 2.75) is 53.0 Å². The predicted octanol–water partition coefficient (Wildman–Crippen LogP) is 3.24. The maximum absolute atomic E-state index is 4.74. The number of aromatic nitrogens is 2. The average molecular weight is 221 g/mol. The lowest BCUT2D eigenvalue weighted by Crippen LogP contribution is -2.32. The number of hydrogen-bond donors (Lipinski definition) is 1. The van der Waals surface area contributed by atoms with Gasteiger partial charge in [-0.1, -0.05) is 34.1 Å². The van der Waals surface area contributed by atoms with E-state index < -0.39 is 0 Å². The fourth-order valence-electron chi connectivity index (χ4n) is 2.45. The molecule has 0 aliphatic carbocycles. The van der Waals surface area contributed by atoms with Crippen LogP contribution in [0.2, 0.25) is 0 Å². The number of anilines is 1. The van der Waals surface area contributed by atoms with Gasteiger partial charge in [-0.05, 0) is 18.3 Å². The van der Waals surface area contributed by atoms with E-state index in [9.17, 15) is 0 Å². The van der Waals surface area contributed by atoms with Gasteiger partial charge in [-0.3, -0.25) is 0 Å². The quantitative estimate of drug-likeness (QED) is 0.831. The molecule has 0 spiro atoms. The number of fused-ring (bicyclic) bond motifs is 1. The molecule has 1 N–H and O–H groups in total. The smallest absolute Gasteiger partial charge is 0.124 e. The van der Waals surface area contributed by atoms with Gasteiger partial charge in [0.15, 0.2) is 0 Å². The van der Waals surface area contributed by atoms with Crippen LogP contribution in [0.3, 0.4) is 0 Å². The zero-order valence-electron chi connectivity index (χ0n) is 10.9. The second-order valence-corrected chi connectivity index (χ2v) is 5.81. The molecule has 1 aliphatic heterocycles. The minimum atomic E-state index is 0.284. The van der Waals surface area contributed by atoms with Gasteiger partial charge in [0.2, 0.25) is 0 Å². The van der Waals surface area contributed by atoms with E-state index in [1.54, 1.807) is 0 Å². The van der Waals surface area contributed by atoms with Gasteiger partial charge in [0.1, 0.15) is 5.82 Å². The van der Waals surface area contributed by atoms with Crippen LogP contribution in [0.25, 0.3) is 0 Å². The summed E-state index contributed by atoms with van der Waals surface area (Å²) in [6, 6.07) is 2.73. The molecule has 90 valence electrons. The lowest BCUT2D eigenvalue weighted by molar-refractivity contribution is 0.210. The number of aryl methyl sites for hydroxylation is 1. The van der Waals surface area contributed by atoms with Gasteiger partial charge in [0.05, 0.1) is 11.7 Å². The Morgan fingerprint density at radius 1 is 1.50 bits per heavy atom. The van der Waals surface area contributed by atoms with Gasteiger partial charge in [-0.2, -0.15) is 5.10 Å². The van der Waals surface area contributed by atoms with Crippen LogP contribution in [0.4, 0.5) is 5.82 Å². The van der Waals surface area contributed by atoms with Crippen molar-refractivity contribution < 1.29 is 0 Å². The molecular formula is C13H23N3. The highest BCUT2D eigenvalue weighted by molar-refractivity contribution is 5.39. The van der Waals surface area contributed by atoms with Crippen LogP contribution in [0, 0.1) is 5.41 Å². The summed E-state index contributed by atoms with van der Waals surface area (Å²) >= 11 is 0. The van der Waals surface area contributed by atoms with Crippen molar-refractivity contribution in [2.75, 3.05) is 11.9 Å². The van der Waals surface area contributed by atoms with Crippen molar-refractivity contribution in [3.63, 3.8) is 0 Å². The molecule has 1 aromatic heterocycles. The Balaban J connectivity index is 2.31. The van der Waals surface area contributed by atoms with Crippen LogP contribution in [0.1, 0.15) is 52.3 Å². The first-order valence-corrected chi connectivity index (χ1v) is 6.34. The molecule has 1 aromatic rings. The van der Waals surface area contributed by atoms with E-state index >= 15 is 0 Å². The molecule has 0 saturated carbocycles. The van der Waals surface area contributed by atoms with E-state index in [-0.39, 0.29) is 5.41 Å². The first-order chi connectivity index (χ1) is 7.52. The zero-order chi connectivity index (χ0) is 11.8. The molecule has 1 atom stereocenters. The van der Waals surface area contributed by atoms with Crippen LogP contribution < -0.4 is 5.32 Å². The van der Waals surface area contributed by atoms with Crippen LogP contribution in [0.5, 0.6) is 0 Å². The lowest BCUT2D eigenvalue weighted by atomic mass is 9.84. The first-order valence-electron chi connectivity index (χ1n) is 6.34. The van der Waals surface area contributed by atoms with Crippen LogP contribution in [-0.4, -0.2) is 16.3 Å². The molecule has 0 radical (unpaired) electrons. The third-order valence-corrected chi connectivity index (χ3v) is 3.31. The van der Waals surface area contributed by atoms with Gasteiger partial charge in [0.25, 0.3) is 0 Å². The third-order valence-electron chi connectivity index (χ3n) is 3.31. The summed E-state index contributed by atoms with van der Waals surface area (Å²) in [4.78, 5) is 0. The molecule has 0 fully saturated rings. The summed E-state index contributed by atoms with van der Waals surface area (Å²) in [5.74, 6) is 1.20. The summed E-state index contributed by atoms with van der Waals surface area (Å²) in [6.07, 6.45) is 3.42. The lowest BCUT2D eigenvalue weighted by Gasteiger charge is -2.35. The molecule has 1 aliphatic rings. The van der Waals surface area contributed by atoms with Crippen molar-refractivity contribution in [3.05, 3.63) is 11.8 Å². The van der Waals surface area contributed by atoms with Crippen LogP contribution in [0.15, 0.2) is 6.07 Å². The minimum absolute atomic E-state index is 0.284. The summed E-state index contributed by atoms with van der Waals surface area (Å²) in [5.41, 5.74) is 1.51. The van der Waals surface area contributed by atoms with Crippen LogP contribution in [-0.2, 0) is 6.42 Å². The maximum atomic E-state index is 4.74. The van der Waals surface area contributed by atoms with E-state index in [0.717, 1.165) is 19.4 Å². The zero-order valence-corrected chi connectivity index (χ0v) is 10.9. The second-order valence-electron chi connectivity index (χ2n) is 5.81. The van der Waals surface area contributed by atoms with Gasteiger partial charge in [-0.15, -0.1) is 0 Å². The number of rotatable bonds is 2. The highest BCUT2D eigenvalue weighted by Crippen LogP contribution is 2.37. The van der Waals surface area contributed by atoms with Gasteiger partial charge in [0, 0.05) is 12.6 Å². The van der Waals surface area contributed by atoms with E-state index in [1.807, 2.05) is 0 Å². The Morgan fingerprint density at radius 3 is 2.88 bits per heavy atom. The van der Waals surface area contributed by atoms with E-state index in [0.29, 0.717) is 6.04 Å². The summed E-state index contributed by atoms with van der Waals surface area (Å²) in [5, 5.41) is 8.19. The summed E-state index contributed by atoms with van der Waals surface area (Å²) in [7, 11) is 0. The molecular weight excluding hydrogens is 198 g/mol. The Kier molecular flexibility index (Phi) is 2.96. The number of hydrogen-bond acceptors (Lipinski definition) is 2. The molecule has 1 unspecified atom stereocenters. The SMILES string of the molecule is CCCc1cc2n(n1)C(C(C)(C)C)CCN2. The molecule has 0 aromatic carbocycles. The third kappa shape index (κ3) is 2.08. The maximum Gasteiger partial charge on any atom is 0.124 e. The standard InChI is InChI=1S/C13H23N3/c1-5-6-10-9-12-14-8-7-11(13(2,3)4)16(12)15-10/h9,11,14H,5-8H2,1-4H3. The highest BCUT2D eigenvalue weighted by Gasteiger charge is 2.31. The molecule has 0 bridgehead atoms. The Bertz CT molecular complexity index is 360. The monoisotopic (exact) mass is 221 g/mol. The Labute approximate surface area is 98.2 Å². The van der Waals surface area contributed by atoms with E-state index in [4.69, 9.17) is 5.10 Å². The molecule has 3 heteroatoms. The molecule has 0 amide bonds. The van der Waals surface area contributed by atoms with Crippen molar-refractivity contribution in [3.8, 4) is 0 Å². The van der Waals surface area contributed by atoms with E-state index in [1.165, 1.54) is 17.9 Å². The Hall–Kier alpha value is -0.990. The first kappa shape index (κ1) is 11.5. The van der Waals surface area contributed by atoms with E-state index in [2.05, 4.69) is 43.8 Å². The average Bonchev–Trinajstić information content (AvgIpc) is 2.58. The van der Waals surface area contributed by atoms with Crippen molar-refractivity contribution in [2.24, 2.45) is 5.41 Å². The molecule has 2 heterocycles. The number of nitrogens with one attached hydrogen (secondary N) is 1. The van der Waals surface area contributed by atoms with Gasteiger partial charge < -0.3 is 5.32 Å². The topological polar surface area (TPSA) is 29.9 Å². The summed E-state index contributed by atoms with van der Waals surface area (Å²) in [6.45, 7) is 10.2. The molecule has 2 rings (SSSR count). The van der Waals surface area contributed by atoms with Gasteiger partial charge >= 0.3 is 0 Å². The van der Waals surface area contributed by atoms with Gasteiger partial charge in [-0.25, -0.2) is 4.68 Å². The number of nitrogens with zero attached hydrogens (tertiary/aromatic N) is 2. The second kappa shape index (κ2) is 4.11. The predicted molar refractivity (Wildman–Crippen MR) is 67.8 cm³/mol. The minimum Gasteiger partial charge on any atom is -0.370 e. The molecule has 16 heavy (non-hydrogen) atoms. The van der Waals surface area contributed by atoms with Crippen molar-refractivity contribution >= 4 is 5.82 Å². The molecule has 0 saturated heterocycles. The van der Waals surface area contributed by atoms with Crippen molar-refractivity contribution in [1.29, 1.82) is 0 Å².